The molecule has 2 aromatic carbocycles. The minimum Gasteiger partial charge on any atom is -0.487 e. The Kier molecular flexibility index (Phi) is 9.06. The summed E-state index contributed by atoms with van der Waals surface area (Å²) in [4.78, 5) is 24.8. The second kappa shape index (κ2) is 12.4. The summed E-state index contributed by atoms with van der Waals surface area (Å²) >= 11 is 0. The Morgan fingerprint density at radius 3 is 2.59 bits per heavy atom. The van der Waals surface area contributed by atoms with Gasteiger partial charge in [-0.05, 0) is 43.3 Å². The Labute approximate surface area is 195 Å². The molecule has 0 aliphatic heterocycles. The van der Waals surface area contributed by atoms with Crippen LogP contribution in [0.3, 0.4) is 0 Å². The topological polar surface area (TPSA) is 128 Å². The molecule has 34 heavy (non-hydrogen) atoms. The van der Waals surface area contributed by atoms with Crippen molar-refractivity contribution in [2.75, 3.05) is 32.9 Å². The van der Waals surface area contributed by atoms with Gasteiger partial charge in [0.1, 0.15) is 23.9 Å². The van der Waals surface area contributed by atoms with E-state index in [1.165, 1.54) is 22.9 Å². The van der Waals surface area contributed by atoms with Gasteiger partial charge in [-0.3, -0.25) is 9.59 Å². The summed E-state index contributed by atoms with van der Waals surface area (Å²) < 4.78 is 25.8. The third kappa shape index (κ3) is 6.59. The molecule has 3 aromatic rings. The number of benzene rings is 2. The summed E-state index contributed by atoms with van der Waals surface area (Å²) in [7, 11) is 0. The Morgan fingerprint density at radius 1 is 1.09 bits per heavy atom. The standard InChI is InChI=1S/C23H26FN5O5/c1-2-25-22(31)16-6-8-18(9-7-16)29-20(15-34-19-5-3-4-17(24)14-19)21(27-28-29)23(32)26-10-12-33-13-11-30/h3-9,14,30H,2,10-13,15H2,1H3,(H,25,31)(H,26,32). The lowest BCUT2D eigenvalue weighted by Gasteiger charge is -2.11. The minimum absolute atomic E-state index is 0.0337. The first-order chi connectivity index (χ1) is 16.5. The van der Waals surface area contributed by atoms with Crippen LogP contribution in [0.4, 0.5) is 4.39 Å². The van der Waals surface area contributed by atoms with Gasteiger partial charge in [-0.15, -0.1) is 5.10 Å². The first kappa shape index (κ1) is 24.8. The number of aliphatic hydroxyl groups excluding tert-OH is 1. The van der Waals surface area contributed by atoms with Crippen molar-refractivity contribution in [3.8, 4) is 11.4 Å². The Bertz CT molecular complexity index is 1100. The molecule has 0 bridgehead atoms. The van der Waals surface area contributed by atoms with E-state index in [1.54, 1.807) is 30.3 Å². The van der Waals surface area contributed by atoms with Gasteiger partial charge < -0.3 is 25.2 Å². The van der Waals surface area contributed by atoms with Gasteiger partial charge in [-0.1, -0.05) is 11.3 Å². The quantitative estimate of drug-likeness (QED) is 0.341. The summed E-state index contributed by atoms with van der Waals surface area (Å²) in [6.07, 6.45) is 0. The van der Waals surface area contributed by atoms with E-state index in [1.807, 2.05) is 6.92 Å². The zero-order valence-corrected chi connectivity index (χ0v) is 18.7. The number of amides is 2. The van der Waals surface area contributed by atoms with Crippen LogP contribution in [-0.2, 0) is 11.3 Å². The molecule has 1 aromatic heterocycles. The van der Waals surface area contributed by atoms with Crippen molar-refractivity contribution in [2.24, 2.45) is 0 Å². The number of nitrogens with one attached hydrogen (secondary N) is 2. The fourth-order valence-corrected chi connectivity index (χ4v) is 3.03. The van der Waals surface area contributed by atoms with Crippen LogP contribution in [0.15, 0.2) is 48.5 Å². The van der Waals surface area contributed by atoms with Crippen LogP contribution in [-0.4, -0.2) is 64.8 Å². The highest BCUT2D eigenvalue weighted by Crippen LogP contribution is 2.19. The largest absolute Gasteiger partial charge is 0.487 e. The van der Waals surface area contributed by atoms with Crippen molar-refractivity contribution in [2.45, 2.75) is 13.5 Å². The van der Waals surface area contributed by atoms with Crippen molar-refractivity contribution >= 4 is 11.8 Å². The lowest BCUT2D eigenvalue weighted by atomic mass is 10.2. The molecule has 0 fully saturated rings. The maximum atomic E-state index is 13.5. The van der Waals surface area contributed by atoms with Crippen LogP contribution in [0.25, 0.3) is 5.69 Å². The van der Waals surface area contributed by atoms with E-state index in [-0.39, 0.29) is 50.3 Å². The fraction of sp³-hybridized carbons (Fsp3) is 0.304. The highest BCUT2D eigenvalue weighted by molar-refractivity contribution is 5.94. The molecular weight excluding hydrogens is 445 g/mol. The molecule has 0 spiro atoms. The summed E-state index contributed by atoms with van der Waals surface area (Å²) in [5.74, 6) is -0.865. The van der Waals surface area contributed by atoms with Crippen molar-refractivity contribution in [3.05, 3.63) is 71.3 Å². The number of halogens is 1. The number of rotatable bonds is 12. The molecule has 11 heteroatoms. The van der Waals surface area contributed by atoms with Crippen LogP contribution in [0, 0.1) is 5.82 Å². The predicted octanol–water partition coefficient (Wildman–Crippen LogP) is 1.47. The monoisotopic (exact) mass is 471 g/mol. The van der Waals surface area contributed by atoms with Gasteiger partial charge in [0, 0.05) is 24.7 Å². The smallest absolute Gasteiger partial charge is 0.274 e. The summed E-state index contributed by atoms with van der Waals surface area (Å²) in [6.45, 7) is 2.71. The minimum atomic E-state index is -0.490. The number of carbonyl (C=O) groups is 2. The van der Waals surface area contributed by atoms with E-state index < -0.39 is 11.7 Å². The zero-order valence-electron chi connectivity index (χ0n) is 18.7. The molecule has 2 amide bonds. The molecule has 0 atom stereocenters. The molecule has 0 radical (unpaired) electrons. The van der Waals surface area contributed by atoms with Crippen molar-refractivity contribution in [1.29, 1.82) is 0 Å². The normalized spacial score (nSPS) is 10.7. The van der Waals surface area contributed by atoms with E-state index in [9.17, 15) is 14.0 Å². The zero-order chi connectivity index (χ0) is 24.3. The Morgan fingerprint density at radius 2 is 1.88 bits per heavy atom. The molecule has 0 saturated heterocycles. The van der Waals surface area contributed by atoms with Crippen LogP contribution in [0.1, 0.15) is 33.5 Å². The molecule has 3 N–H and O–H groups in total. The number of aliphatic hydroxyl groups is 1. The molecule has 3 rings (SSSR count). The predicted molar refractivity (Wildman–Crippen MR) is 120 cm³/mol. The fourth-order valence-electron chi connectivity index (χ4n) is 3.03. The Hall–Kier alpha value is -3.83. The maximum absolute atomic E-state index is 13.5. The number of nitrogens with zero attached hydrogens (tertiary/aromatic N) is 3. The number of aromatic nitrogens is 3. The molecule has 0 aliphatic rings. The van der Waals surface area contributed by atoms with Crippen LogP contribution >= 0.6 is 0 Å². The lowest BCUT2D eigenvalue weighted by molar-refractivity contribution is 0.0833. The van der Waals surface area contributed by atoms with Crippen LogP contribution in [0.5, 0.6) is 5.75 Å². The second-order valence-electron chi connectivity index (χ2n) is 7.04. The van der Waals surface area contributed by atoms with E-state index >= 15 is 0 Å². The molecular formula is C23H26FN5O5. The summed E-state index contributed by atoms with van der Waals surface area (Å²) in [6, 6.07) is 12.3. The molecule has 0 aliphatic carbocycles. The van der Waals surface area contributed by atoms with Gasteiger partial charge in [0.2, 0.25) is 0 Å². The molecule has 0 saturated carbocycles. The third-order valence-corrected chi connectivity index (χ3v) is 4.63. The number of hydrogen-bond donors (Lipinski definition) is 3. The summed E-state index contributed by atoms with van der Waals surface area (Å²) in [5, 5.41) is 22.3. The highest BCUT2D eigenvalue weighted by Gasteiger charge is 2.21. The van der Waals surface area contributed by atoms with Gasteiger partial charge in [-0.2, -0.15) is 0 Å². The Balaban J connectivity index is 1.83. The van der Waals surface area contributed by atoms with Crippen molar-refractivity contribution < 1.29 is 28.6 Å². The number of carbonyl (C=O) groups excluding carboxylic acids is 2. The average molecular weight is 471 g/mol. The van der Waals surface area contributed by atoms with Gasteiger partial charge in [0.15, 0.2) is 5.69 Å². The number of hydrogen-bond acceptors (Lipinski definition) is 7. The SMILES string of the molecule is CCNC(=O)c1ccc(-n2nnc(C(=O)NCCOCCO)c2COc2cccc(F)c2)cc1. The van der Waals surface area contributed by atoms with Gasteiger partial charge in [0.05, 0.1) is 25.5 Å². The van der Waals surface area contributed by atoms with Crippen molar-refractivity contribution in [1.82, 2.24) is 25.6 Å². The van der Waals surface area contributed by atoms with Gasteiger partial charge in [0.25, 0.3) is 11.8 Å². The van der Waals surface area contributed by atoms with E-state index in [4.69, 9.17) is 14.6 Å². The van der Waals surface area contributed by atoms with Gasteiger partial charge in [-0.25, -0.2) is 9.07 Å². The van der Waals surface area contributed by atoms with Crippen LogP contribution < -0.4 is 15.4 Å². The molecule has 1 heterocycles. The second-order valence-corrected chi connectivity index (χ2v) is 7.04. The first-order valence-electron chi connectivity index (χ1n) is 10.7. The molecule has 180 valence electrons. The van der Waals surface area contributed by atoms with Gasteiger partial charge >= 0.3 is 0 Å². The molecule has 10 nitrogen and oxygen atoms in total. The first-order valence-corrected chi connectivity index (χ1v) is 10.7. The van der Waals surface area contributed by atoms with Crippen molar-refractivity contribution in [3.63, 3.8) is 0 Å². The molecule has 0 unspecified atom stereocenters. The highest BCUT2D eigenvalue weighted by atomic mass is 19.1. The van der Waals surface area contributed by atoms with Crippen LogP contribution in [0.2, 0.25) is 0 Å². The summed E-state index contributed by atoms with van der Waals surface area (Å²) in [5.41, 5.74) is 1.41. The van der Waals surface area contributed by atoms with E-state index in [2.05, 4.69) is 20.9 Å². The number of ether oxygens (including phenoxy) is 2. The van der Waals surface area contributed by atoms with E-state index in [0.717, 1.165) is 0 Å². The maximum Gasteiger partial charge on any atom is 0.274 e. The average Bonchev–Trinajstić information content (AvgIpc) is 3.27. The van der Waals surface area contributed by atoms with E-state index in [0.29, 0.717) is 23.5 Å². The third-order valence-electron chi connectivity index (χ3n) is 4.63. The lowest BCUT2D eigenvalue weighted by Crippen LogP contribution is -2.29.